The van der Waals surface area contributed by atoms with Gasteiger partial charge in [-0.2, -0.15) is 0 Å². The van der Waals surface area contributed by atoms with Crippen molar-refractivity contribution in [2.45, 2.75) is 19.3 Å². The van der Waals surface area contributed by atoms with E-state index in [0.717, 1.165) is 24.8 Å². The van der Waals surface area contributed by atoms with Crippen LogP contribution in [0.25, 0.3) is 11.1 Å². The van der Waals surface area contributed by atoms with Crippen LogP contribution in [0.4, 0.5) is 0 Å². The summed E-state index contributed by atoms with van der Waals surface area (Å²) < 4.78 is 0. The zero-order chi connectivity index (χ0) is 23.2. The van der Waals surface area contributed by atoms with Crippen LogP contribution in [0.1, 0.15) is 33.4 Å². The molecule has 0 aliphatic heterocycles. The van der Waals surface area contributed by atoms with Crippen LogP contribution in [0, 0.1) is 0 Å². The Labute approximate surface area is 202 Å². The fourth-order valence-corrected chi connectivity index (χ4v) is 4.67. The van der Waals surface area contributed by atoms with Crippen LogP contribution in [-0.4, -0.2) is 5.11 Å². The van der Waals surface area contributed by atoms with Crippen LogP contribution in [0.5, 0.6) is 5.75 Å². The Morgan fingerprint density at radius 3 is 1.38 bits per heavy atom. The Morgan fingerprint density at radius 2 is 0.853 bits per heavy atom. The average molecular weight is 441 g/mol. The van der Waals surface area contributed by atoms with E-state index in [-0.39, 0.29) is 0 Å². The van der Waals surface area contributed by atoms with E-state index in [9.17, 15) is 5.11 Å². The van der Waals surface area contributed by atoms with Crippen molar-refractivity contribution in [1.82, 2.24) is 0 Å². The van der Waals surface area contributed by atoms with Gasteiger partial charge in [-0.25, -0.2) is 0 Å². The third-order valence-electron chi connectivity index (χ3n) is 6.35. The highest BCUT2D eigenvalue weighted by atomic mass is 16.3. The molecular weight excluding hydrogens is 412 g/mol. The molecule has 0 aliphatic rings. The fraction of sp³-hybridized carbons (Fsp3) is 0.0909. The molecule has 0 saturated carbocycles. The Hall–Kier alpha value is -4.10. The molecule has 0 atom stereocenters. The van der Waals surface area contributed by atoms with Gasteiger partial charge < -0.3 is 5.11 Å². The maximum absolute atomic E-state index is 9.96. The normalized spacial score (nSPS) is 10.8. The van der Waals surface area contributed by atoms with E-state index in [0.29, 0.717) is 5.75 Å². The van der Waals surface area contributed by atoms with Gasteiger partial charge in [0.2, 0.25) is 0 Å². The van der Waals surface area contributed by atoms with Crippen molar-refractivity contribution in [2.75, 3.05) is 0 Å². The first-order chi connectivity index (χ1) is 16.8. The zero-order valence-corrected chi connectivity index (χ0v) is 19.2. The second kappa shape index (κ2) is 10.2. The van der Waals surface area contributed by atoms with Gasteiger partial charge in [0.25, 0.3) is 0 Å². The molecule has 0 aliphatic carbocycles. The van der Waals surface area contributed by atoms with Crippen LogP contribution in [-0.2, 0) is 19.3 Å². The second-order valence-corrected chi connectivity index (χ2v) is 8.77. The molecule has 0 spiro atoms. The van der Waals surface area contributed by atoms with Crippen molar-refractivity contribution in [1.29, 1.82) is 0 Å². The molecule has 0 saturated heterocycles. The molecule has 0 amide bonds. The van der Waals surface area contributed by atoms with Crippen molar-refractivity contribution in [3.8, 4) is 16.9 Å². The van der Waals surface area contributed by atoms with Crippen LogP contribution in [0.2, 0.25) is 0 Å². The summed E-state index contributed by atoms with van der Waals surface area (Å²) in [6.45, 7) is 0. The van der Waals surface area contributed by atoms with E-state index < -0.39 is 0 Å². The molecule has 0 radical (unpaired) electrons. The minimum atomic E-state index is 0.290. The van der Waals surface area contributed by atoms with Crippen molar-refractivity contribution >= 4 is 0 Å². The number of phenolic OH excluding ortho intramolecular Hbond substituents is 1. The maximum Gasteiger partial charge on any atom is 0.115 e. The molecule has 0 heterocycles. The molecule has 0 unspecified atom stereocenters. The van der Waals surface area contributed by atoms with Crippen molar-refractivity contribution in [2.24, 2.45) is 0 Å². The van der Waals surface area contributed by atoms with Gasteiger partial charge >= 0.3 is 0 Å². The first-order valence-electron chi connectivity index (χ1n) is 11.8. The number of phenols is 1. The van der Waals surface area contributed by atoms with Gasteiger partial charge in [0, 0.05) is 0 Å². The fourth-order valence-electron chi connectivity index (χ4n) is 4.67. The number of aromatic hydroxyl groups is 1. The highest BCUT2D eigenvalue weighted by Gasteiger charge is 2.17. The smallest absolute Gasteiger partial charge is 0.115 e. The van der Waals surface area contributed by atoms with E-state index in [1.54, 1.807) is 12.1 Å². The molecule has 5 aromatic rings. The van der Waals surface area contributed by atoms with Crippen molar-refractivity contribution < 1.29 is 5.11 Å². The molecule has 0 aromatic heterocycles. The molecule has 1 heteroatoms. The molecule has 0 fully saturated rings. The molecule has 5 aromatic carbocycles. The van der Waals surface area contributed by atoms with Gasteiger partial charge in [-0.3, -0.25) is 0 Å². The highest BCUT2D eigenvalue weighted by Crippen LogP contribution is 2.35. The van der Waals surface area contributed by atoms with Gasteiger partial charge in [0.15, 0.2) is 0 Å². The summed E-state index contributed by atoms with van der Waals surface area (Å²) in [6.07, 6.45) is 2.62. The molecule has 0 bridgehead atoms. The molecule has 5 rings (SSSR count). The largest absolute Gasteiger partial charge is 0.508 e. The van der Waals surface area contributed by atoms with Crippen LogP contribution >= 0.6 is 0 Å². The highest BCUT2D eigenvalue weighted by molar-refractivity contribution is 5.74. The Kier molecular flexibility index (Phi) is 6.54. The Bertz CT molecular complexity index is 1340. The molecule has 1 N–H and O–H groups in total. The minimum absolute atomic E-state index is 0.290. The second-order valence-electron chi connectivity index (χ2n) is 8.77. The SMILES string of the molecule is Oc1ccc(-c2c(Cc3ccccc3)ccc(Cc3ccccc3)c2Cc2ccccc2)cc1. The summed E-state index contributed by atoms with van der Waals surface area (Å²) in [4.78, 5) is 0. The summed E-state index contributed by atoms with van der Waals surface area (Å²) >= 11 is 0. The quantitative estimate of drug-likeness (QED) is 0.273. The number of rotatable bonds is 7. The van der Waals surface area contributed by atoms with Gasteiger partial charge in [0.1, 0.15) is 5.75 Å². The van der Waals surface area contributed by atoms with Crippen LogP contribution in [0.3, 0.4) is 0 Å². The molecular formula is C33H28O. The lowest BCUT2D eigenvalue weighted by Crippen LogP contribution is -2.04. The molecule has 1 nitrogen and oxygen atoms in total. The minimum Gasteiger partial charge on any atom is -0.508 e. The van der Waals surface area contributed by atoms with Crippen molar-refractivity contribution in [3.05, 3.63) is 161 Å². The molecule has 166 valence electrons. The van der Waals surface area contributed by atoms with E-state index in [4.69, 9.17) is 0 Å². The summed E-state index contributed by atoms with van der Waals surface area (Å²) in [5.74, 6) is 0.290. The van der Waals surface area contributed by atoms with Crippen LogP contribution in [0.15, 0.2) is 127 Å². The third-order valence-corrected chi connectivity index (χ3v) is 6.35. The summed E-state index contributed by atoms with van der Waals surface area (Å²) in [5.41, 5.74) is 10.3. The monoisotopic (exact) mass is 440 g/mol. The number of benzene rings is 5. The van der Waals surface area contributed by atoms with Crippen LogP contribution < -0.4 is 0 Å². The lowest BCUT2D eigenvalue weighted by molar-refractivity contribution is 0.475. The molecule has 34 heavy (non-hydrogen) atoms. The topological polar surface area (TPSA) is 20.2 Å². The van der Waals surface area contributed by atoms with E-state index in [1.807, 2.05) is 12.1 Å². The lowest BCUT2D eigenvalue weighted by atomic mass is 9.84. The third kappa shape index (κ3) is 5.10. The first-order valence-corrected chi connectivity index (χ1v) is 11.8. The number of hydrogen-bond acceptors (Lipinski definition) is 1. The summed E-state index contributed by atoms with van der Waals surface area (Å²) in [6, 6.07) is 44.3. The predicted molar refractivity (Wildman–Crippen MR) is 141 cm³/mol. The van der Waals surface area contributed by atoms with E-state index >= 15 is 0 Å². The van der Waals surface area contributed by atoms with E-state index in [2.05, 4.69) is 103 Å². The van der Waals surface area contributed by atoms with Gasteiger partial charge in [-0.05, 0) is 75.9 Å². The summed E-state index contributed by atoms with van der Waals surface area (Å²) in [5, 5.41) is 9.96. The zero-order valence-electron chi connectivity index (χ0n) is 19.2. The first kappa shape index (κ1) is 21.7. The Morgan fingerprint density at radius 1 is 0.412 bits per heavy atom. The van der Waals surface area contributed by atoms with E-state index in [1.165, 1.54) is 38.9 Å². The van der Waals surface area contributed by atoms with Gasteiger partial charge in [0.05, 0.1) is 0 Å². The van der Waals surface area contributed by atoms with Gasteiger partial charge in [-0.1, -0.05) is 115 Å². The predicted octanol–water partition coefficient (Wildman–Crippen LogP) is 7.83. The average Bonchev–Trinajstić information content (AvgIpc) is 2.88. The van der Waals surface area contributed by atoms with Crippen molar-refractivity contribution in [3.63, 3.8) is 0 Å². The summed E-state index contributed by atoms with van der Waals surface area (Å²) in [7, 11) is 0. The lowest BCUT2D eigenvalue weighted by Gasteiger charge is -2.20. The number of hydrogen-bond donors (Lipinski definition) is 1. The maximum atomic E-state index is 9.96. The Balaban J connectivity index is 1.69. The van der Waals surface area contributed by atoms with Gasteiger partial charge in [-0.15, -0.1) is 0 Å². The standard InChI is InChI=1S/C33H28O/c34-31-20-18-28(19-21-31)33-30(23-26-12-6-2-7-13-26)17-16-29(22-25-10-4-1-5-11-25)32(33)24-27-14-8-3-9-15-27/h1-21,34H,22-24H2.